The lowest BCUT2D eigenvalue weighted by Crippen LogP contribution is -2.47. The second-order valence-corrected chi connectivity index (χ2v) is 6.03. The molecule has 0 saturated carbocycles. The lowest BCUT2D eigenvalue weighted by atomic mass is 10.0. The maximum absolute atomic E-state index is 11.7. The van der Waals surface area contributed by atoms with E-state index in [1.54, 1.807) is 20.8 Å². The fraction of sp³-hybridized carbons (Fsp3) is 0.562. The minimum absolute atomic E-state index is 0.338. The van der Waals surface area contributed by atoms with Crippen LogP contribution in [0.5, 0.6) is 0 Å². The van der Waals surface area contributed by atoms with Gasteiger partial charge in [0.1, 0.15) is 5.60 Å². The Balaban J connectivity index is 2.45. The Bertz CT molecular complexity index is 428. The van der Waals surface area contributed by atoms with Crippen molar-refractivity contribution in [2.45, 2.75) is 51.4 Å². The topological polar surface area (TPSA) is 78.8 Å². The number of rotatable bonds is 6. The van der Waals surface area contributed by atoms with Crippen LogP contribution in [0.4, 0.5) is 4.79 Å². The Morgan fingerprint density at radius 3 is 2.43 bits per heavy atom. The summed E-state index contributed by atoms with van der Waals surface area (Å²) in [5.74, 6) is 0. The molecule has 5 nitrogen and oxygen atoms in total. The number of aliphatic hydroxyl groups is 2. The van der Waals surface area contributed by atoms with Crippen molar-refractivity contribution in [2.75, 3.05) is 6.61 Å². The third-order valence-corrected chi connectivity index (χ3v) is 2.93. The van der Waals surface area contributed by atoms with Crippen molar-refractivity contribution >= 4 is 6.09 Å². The highest BCUT2D eigenvalue weighted by molar-refractivity contribution is 5.68. The standard InChI is InChI=1S/C16H25NO4/c1-16(2,3)21-15(20)17-13(11-18)14(19)10-9-12-7-5-4-6-8-12/h4-8,13-14,18-19H,9-11H2,1-3H3,(H,17,20)/t13-,14+/m0/s1. The van der Waals surface area contributed by atoms with Gasteiger partial charge >= 0.3 is 6.09 Å². The fourth-order valence-corrected chi connectivity index (χ4v) is 1.88. The van der Waals surface area contributed by atoms with Gasteiger partial charge in [0.2, 0.25) is 0 Å². The average Bonchev–Trinajstić information content (AvgIpc) is 2.41. The molecule has 0 aliphatic carbocycles. The molecule has 1 amide bonds. The van der Waals surface area contributed by atoms with Crippen LogP contribution in [0.15, 0.2) is 30.3 Å². The van der Waals surface area contributed by atoms with Gasteiger partial charge in [-0.05, 0) is 39.2 Å². The van der Waals surface area contributed by atoms with Crippen molar-refractivity contribution in [3.05, 3.63) is 35.9 Å². The van der Waals surface area contributed by atoms with Crippen LogP contribution in [0.25, 0.3) is 0 Å². The van der Waals surface area contributed by atoms with Gasteiger partial charge in [-0.1, -0.05) is 30.3 Å². The molecule has 3 N–H and O–H groups in total. The van der Waals surface area contributed by atoms with E-state index < -0.39 is 23.8 Å². The molecule has 0 fully saturated rings. The minimum atomic E-state index is -0.831. The Labute approximate surface area is 125 Å². The van der Waals surface area contributed by atoms with Crippen molar-refractivity contribution in [3.8, 4) is 0 Å². The number of aryl methyl sites for hydroxylation is 1. The van der Waals surface area contributed by atoms with Crippen LogP contribution in [-0.2, 0) is 11.2 Å². The molecule has 1 rings (SSSR count). The van der Waals surface area contributed by atoms with Crippen LogP contribution in [0.3, 0.4) is 0 Å². The summed E-state index contributed by atoms with van der Waals surface area (Å²) in [6, 6.07) is 9.02. The molecular formula is C16H25NO4. The van der Waals surface area contributed by atoms with E-state index in [-0.39, 0.29) is 6.61 Å². The zero-order chi connectivity index (χ0) is 15.9. The molecule has 0 spiro atoms. The summed E-state index contributed by atoms with van der Waals surface area (Å²) in [7, 11) is 0. The molecule has 2 atom stereocenters. The number of hydrogen-bond acceptors (Lipinski definition) is 4. The van der Waals surface area contributed by atoms with Crippen molar-refractivity contribution in [1.82, 2.24) is 5.32 Å². The van der Waals surface area contributed by atoms with Crippen molar-refractivity contribution < 1.29 is 19.7 Å². The molecule has 0 aliphatic heterocycles. The van der Waals surface area contributed by atoms with Crippen LogP contribution in [0.2, 0.25) is 0 Å². The largest absolute Gasteiger partial charge is 0.444 e. The number of carbonyl (C=O) groups is 1. The quantitative estimate of drug-likeness (QED) is 0.748. The second-order valence-electron chi connectivity index (χ2n) is 6.03. The SMILES string of the molecule is CC(C)(C)OC(=O)N[C@@H](CO)[C@H](O)CCc1ccccc1. The Kier molecular flexibility index (Phi) is 6.65. The molecular weight excluding hydrogens is 270 g/mol. The Morgan fingerprint density at radius 1 is 1.29 bits per heavy atom. The minimum Gasteiger partial charge on any atom is -0.444 e. The molecule has 1 aromatic carbocycles. The lowest BCUT2D eigenvalue weighted by molar-refractivity contribution is 0.0338. The molecule has 1 aromatic rings. The lowest BCUT2D eigenvalue weighted by Gasteiger charge is -2.25. The number of carbonyl (C=O) groups excluding carboxylic acids is 1. The van der Waals surface area contributed by atoms with E-state index in [0.29, 0.717) is 12.8 Å². The van der Waals surface area contributed by atoms with Crippen LogP contribution >= 0.6 is 0 Å². The smallest absolute Gasteiger partial charge is 0.408 e. The summed E-state index contributed by atoms with van der Waals surface area (Å²) in [4.78, 5) is 11.7. The predicted molar refractivity (Wildman–Crippen MR) is 81.0 cm³/mol. The van der Waals surface area contributed by atoms with E-state index in [0.717, 1.165) is 5.56 Å². The van der Waals surface area contributed by atoms with Gasteiger partial charge in [0, 0.05) is 0 Å². The summed E-state index contributed by atoms with van der Waals surface area (Å²) in [6.45, 7) is 4.93. The Morgan fingerprint density at radius 2 is 1.90 bits per heavy atom. The average molecular weight is 295 g/mol. The second kappa shape index (κ2) is 8.00. The van der Waals surface area contributed by atoms with E-state index in [4.69, 9.17) is 4.74 Å². The monoisotopic (exact) mass is 295 g/mol. The molecule has 0 aliphatic rings. The summed E-state index contributed by atoms with van der Waals surface area (Å²) in [6.07, 6.45) is -0.345. The predicted octanol–water partition coefficient (Wildman–Crippen LogP) is 1.87. The van der Waals surface area contributed by atoms with Crippen molar-refractivity contribution in [1.29, 1.82) is 0 Å². The summed E-state index contributed by atoms with van der Waals surface area (Å²) < 4.78 is 5.11. The number of aliphatic hydroxyl groups excluding tert-OH is 2. The van der Waals surface area contributed by atoms with Crippen molar-refractivity contribution in [3.63, 3.8) is 0 Å². The third-order valence-electron chi connectivity index (χ3n) is 2.93. The third kappa shape index (κ3) is 7.11. The van der Waals surface area contributed by atoms with Crippen molar-refractivity contribution in [2.24, 2.45) is 0 Å². The number of hydrogen-bond donors (Lipinski definition) is 3. The summed E-state index contributed by atoms with van der Waals surface area (Å²) >= 11 is 0. The van der Waals surface area contributed by atoms with Gasteiger partial charge in [-0.15, -0.1) is 0 Å². The number of nitrogens with one attached hydrogen (secondary N) is 1. The number of benzene rings is 1. The molecule has 0 aromatic heterocycles. The van der Waals surface area contributed by atoms with Gasteiger partial charge in [-0.2, -0.15) is 0 Å². The molecule has 5 heteroatoms. The van der Waals surface area contributed by atoms with Crippen LogP contribution in [-0.4, -0.2) is 40.7 Å². The van der Waals surface area contributed by atoms with Gasteiger partial charge in [0.05, 0.1) is 18.8 Å². The zero-order valence-electron chi connectivity index (χ0n) is 12.9. The maximum atomic E-state index is 11.7. The summed E-state index contributed by atoms with van der Waals surface area (Å²) in [5.41, 5.74) is 0.490. The van der Waals surface area contributed by atoms with E-state index in [1.165, 1.54) is 0 Å². The molecule has 0 bridgehead atoms. The van der Waals surface area contributed by atoms with Gasteiger partial charge < -0.3 is 20.3 Å². The summed E-state index contributed by atoms with van der Waals surface area (Å²) in [5, 5.41) is 21.9. The number of alkyl carbamates (subject to hydrolysis) is 1. The first kappa shape index (κ1) is 17.5. The zero-order valence-corrected chi connectivity index (χ0v) is 12.9. The normalized spacial score (nSPS) is 14.3. The highest BCUT2D eigenvalue weighted by Crippen LogP contribution is 2.10. The number of ether oxygens (including phenoxy) is 1. The van der Waals surface area contributed by atoms with Gasteiger partial charge in [-0.3, -0.25) is 0 Å². The molecule has 21 heavy (non-hydrogen) atoms. The van der Waals surface area contributed by atoms with Gasteiger partial charge in [-0.25, -0.2) is 4.79 Å². The maximum Gasteiger partial charge on any atom is 0.408 e. The highest BCUT2D eigenvalue weighted by Gasteiger charge is 2.23. The van der Waals surface area contributed by atoms with Crippen LogP contribution in [0.1, 0.15) is 32.8 Å². The van der Waals surface area contributed by atoms with E-state index in [2.05, 4.69) is 5.32 Å². The van der Waals surface area contributed by atoms with Crippen LogP contribution < -0.4 is 5.32 Å². The van der Waals surface area contributed by atoms with E-state index in [9.17, 15) is 15.0 Å². The van der Waals surface area contributed by atoms with Crippen LogP contribution in [0, 0.1) is 0 Å². The molecule has 0 unspecified atom stereocenters. The van der Waals surface area contributed by atoms with E-state index >= 15 is 0 Å². The van der Waals surface area contributed by atoms with Gasteiger partial charge in [0.25, 0.3) is 0 Å². The first-order valence-electron chi connectivity index (χ1n) is 7.14. The molecule has 0 heterocycles. The first-order valence-corrected chi connectivity index (χ1v) is 7.14. The Hall–Kier alpha value is -1.59. The molecule has 118 valence electrons. The first-order chi connectivity index (χ1) is 9.81. The van der Waals surface area contributed by atoms with Gasteiger partial charge in [0.15, 0.2) is 0 Å². The fourth-order valence-electron chi connectivity index (χ4n) is 1.88. The molecule has 0 radical (unpaired) electrons. The molecule has 0 saturated heterocycles. The number of amides is 1. The highest BCUT2D eigenvalue weighted by atomic mass is 16.6. The van der Waals surface area contributed by atoms with E-state index in [1.807, 2.05) is 30.3 Å².